The van der Waals surface area contributed by atoms with Gasteiger partial charge in [-0.2, -0.15) is 0 Å². The number of rotatable bonds is 7. The van der Waals surface area contributed by atoms with Crippen LogP contribution in [0.25, 0.3) is 10.4 Å². The zero-order chi connectivity index (χ0) is 18.1. The maximum atomic E-state index is 12.6. The largest absolute Gasteiger partial charge is 0.470 e. The van der Waals surface area contributed by atoms with Crippen LogP contribution >= 0.6 is 0 Å². The van der Waals surface area contributed by atoms with E-state index >= 15 is 0 Å². The van der Waals surface area contributed by atoms with Crippen molar-refractivity contribution in [2.45, 2.75) is 26.7 Å². The van der Waals surface area contributed by atoms with E-state index < -0.39 is 5.97 Å². The van der Waals surface area contributed by atoms with Gasteiger partial charge in [-0.3, -0.25) is 4.79 Å². The summed E-state index contributed by atoms with van der Waals surface area (Å²) < 4.78 is 5.45. The molecule has 0 radical (unpaired) electrons. The van der Waals surface area contributed by atoms with Crippen molar-refractivity contribution in [3.63, 3.8) is 0 Å². The first kappa shape index (κ1) is 18.5. The molecule has 0 atom stereocenters. The molecule has 0 heterocycles. The third kappa shape index (κ3) is 4.81. The molecule has 0 fully saturated rings. The number of carbonyl (C=O) groups is 1. The molecular weight excluding hydrogens is 310 g/mol. The monoisotopic (exact) mass is 333 g/mol. The number of esters is 1. The second-order valence-electron chi connectivity index (χ2n) is 5.85. The summed E-state index contributed by atoms with van der Waals surface area (Å²) in [6.45, 7) is 12.1. The topological polar surface area (TPSA) is 30.7 Å². The molecule has 2 aromatic carbocycles. The van der Waals surface area contributed by atoms with E-state index in [1.807, 2.05) is 60.7 Å². The second-order valence-corrected chi connectivity index (χ2v) is 5.85. The third-order valence-corrected chi connectivity index (χ3v) is 4.27. The predicted octanol–water partition coefficient (Wildman–Crippen LogP) is 5.34. The van der Waals surface area contributed by atoms with Gasteiger partial charge >= 0.3 is 5.97 Å². The molecule has 0 aliphatic heterocycles. The van der Waals surface area contributed by atoms with Gasteiger partial charge in [0.15, 0.2) is 0 Å². The Labute approximate surface area is 149 Å². The van der Waals surface area contributed by atoms with E-state index in [9.17, 15) is 4.79 Å². The van der Waals surface area contributed by atoms with Gasteiger partial charge in [-0.15, -0.1) is 0 Å². The van der Waals surface area contributed by atoms with Crippen LogP contribution in [-0.4, -0.2) is 12.6 Å². The summed E-state index contributed by atoms with van der Waals surface area (Å²) in [5.41, 5.74) is 2.31. The van der Waals surface area contributed by atoms with Gasteiger partial charge in [-0.25, -0.2) is 4.85 Å². The number of ether oxygens (including phenoxy) is 1. The first-order valence-corrected chi connectivity index (χ1v) is 8.60. The molecular formula is C22H23NO2. The van der Waals surface area contributed by atoms with Crippen LogP contribution in [0.1, 0.15) is 37.8 Å². The van der Waals surface area contributed by atoms with Crippen molar-refractivity contribution in [1.82, 2.24) is 0 Å². The van der Waals surface area contributed by atoms with Gasteiger partial charge in [0.1, 0.15) is 0 Å². The van der Waals surface area contributed by atoms with E-state index in [2.05, 4.69) is 18.7 Å². The Balaban J connectivity index is 2.44. The number of hydrogen-bond acceptors (Lipinski definition) is 2. The number of benzene rings is 2. The molecule has 0 bridgehead atoms. The van der Waals surface area contributed by atoms with E-state index in [1.165, 1.54) is 0 Å². The highest BCUT2D eigenvalue weighted by molar-refractivity contribution is 6.03. The molecule has 25 heavy (non-hydrogen) atoms. The Morgan fingerprint density at radius 3 is 1.84 bits per heavy atom. The summed E-state index contributed by atoms with van der Waals surface area (Å²) in [6, 6.07) is 19.0. The van der Waals surface area contributed by atoms with Gasteiger partial charge in [0.05, 0.1) is 13.2 Å². The van der Waals surface area contributed by atoms with Crippen LogP contribution in [0.4, 0.5) is 0 Å². The van der Waals surface area contributed by atoms with Crippen LogP contribution < -0.4 is 0 Å². The van der Waals surface area contributed by atoms with E-state index in [4.69, 9.17) is 11.3 Å². The van der Waals surface area contributed by atoms with E-state index in [1.54, 1.807) is 0 Å². The first-order valence-electron chi connectivity index (χ1n) is 8.60. The van der Waals surface area contributed by atoms with Crippen LogP contribution in [0, 0.1) is 12.5 Å². The predicted molar refractivity (Wildman–Crippen MR) is 101 cm³/mol. The number of carbonyl (C=O) groups excluding carboxylic acids is 1. The minimum absolute atomic E-state index is 0.0309. The molecule has 128 valence electrons. The highest BCUT2D eigenvalue weighted by atomic mass is 16.5. The van der Waals surface area contributed by atoms with Crippen molar-refractivity contribution in [2.24, 2.45) is 5.92 Å². The molecule has 2 rings (SSSR count). The molecule has 0 N–H and O–H groups in total. The Morgan fingerprint density at radius 2 is 1.44 bits per heavy atom. The van der Waals surface area contributed by atoms with Gasteiger partial charge in [0.2, 0.25) is 0 Å². The summed E-state index contributed by atoms with van der Waals surface area (Å²) in [7, 11) is 0. The molecule has 0 aliphatic carbocycles. The van der Waals surface area contributed by atoms with Crippen molar-refractivity contribution in [3.8, 4) is 0 Å². The SMILES string of the molecule is [C-]#[N+]C(C(=O)OCC(CC)CC)=C(c1ccccc1)c1ccccc1. The van der Waals surface area contributed by atoms with Gasteiger partial charge < -0.3 is 4.74 Å². The number of hydrogen-bond donors (Lipinski definition) is 0. The fraction of sp³-hybridized carbons (Fsp3) is 0.273. The summed E-state index contributed by atoms with van der Waals surface area (Å²) in [4.78, 5) is 16.1. The lowest BCUT2D eigenvalue weighted by atomic mass is 9.96. The molecule has 0 spiro atoms. The van der Waals surface area contributed by atoms with Crippen molar-refractivity contribution < 1.29 is 9.53 Å². The third-order valence-electron chi connectivity index (χ3n) is 4.27. The van der Waals surface area contributed by atoms with E-state index in [-0.39, 0.29) is 5.70 Å². The fourth-order valence-electron chi connectivity index (χ4n) is 2.64. The van der Waals surface area contributed by atoms with E-state index in [0.717, 1.165) is 24.0 Å². The average molecular weight is 333 g/mol. The molecule has 2 aromatic rings. The van der Waals surface area contributed by atoms with Crippen LogP contribution in [0.3, 0.4) is 0 Å². The average Bonchev–Trinajstić information content (AvgIpc) is 2.68. The van der Waals surface area contributed by atoms with Gasteiger partial charge in [-0.1, -0.05) is 87.4 Å². The van der Waals surface area contributed by atoms with Gasteiger partial charge in [0.25, 0.3) is 5.70 Å². The van der Waals surface area contributed by atoms with E-state index in [0.29, 0.717) is 18.1 Å². The van der Waals surface area contributed by atoms with Crippen molar-refractivity contribution in [1.29, 1.82) is 0 Å². The molecule has 0 aromatic heterocycles. The molecule has 3 heteroatoms. The highest BCUT2D eigenvalue weighted by Crippen LogP contribution is 2.28. The quantitative estimate of drug-likeness (QED) is 0.389. The van der Waals surface area contributed by atoms with Crippen molar-refractivity contribution >= 4 is 11.5 Å². The van der Waals surface area contributed by atoms with Crippen molar-refractivity contribution in [2.75, 3.05) is 6.61 Å². The zero-order valence-corrected chi connectivity index (χ0v) is 14.7. The summed E-state index contributed by atoms with van der Waals surface area (Å²) in [5.74, 6) is -0.225. The smallest absolute Gasteiger partial charge is 0.336 e. The fourth-order valence-corrected chi connectivity index (χ4v) is 2.64. The van der Waals surface area contributed by atoms with Crippen molar-refractivity contribution in [3.05, 3.63) is 88.9 Å². The number of nitrogens with zero attached hydrogens (tertiary/aromatic N) is 1. The second kappa shape index (κ2) is 9.44. The summed E-state index contributed by atoms with van der Waals surface area (Å²) in [6.07, 6.45) is 1.90. The lowest BCUT2D eigenvalue weighted by Gasteiger charge is -2.15. The molecule has 0 aliphatic rings. The summed E-state index contributed by atoms with van der Waals surface area (Å²) in [5, 5.41) is 0. The lowest BCUT2D eigenvalue weighted by Crippen LogP contribution is -2.15. The molecule has 3 nitrogen and oxygen atoms in total. The Hall–Kier alpha value is -2.86. The summed E-state index contributed by atoms with van der Waals surface area (Å²) >= 11 is 0. The maximum Gasteiger partial charge on any atom is 0.336 e. The van der Waals surface area contributed by atoms with Crippen LogP contribution in [-0.2, 0) is 9.53 Å². The Bertz CT molecular complexity index is 712. The Kier molecular flexibility index (Phi) is 6.98. The van der Waals surface area contributed by atoms with Gasteiger partial charge in [0, 0.05) is 5.57 Å². The lowest BCUT2D eigenvalue weighted by molar-refractivity contribution is -0.140. The standard InChI is InChI=1S/C22H23NO2/c1-4-17(5-2)16-25-22(24)21(23-3)20(18-12-8-6-9-13-18)19-14-10-7-11-15-19/h6-15,17H,4-5,16H2,1-2H3. The maximum absolute atomic E-state index is 12.6. The molecule has 0 unspecified atom stereocenters. The van der Waals surface area contributed by atoms with Gasteiger partial charge in [-0.05, 0) is 17.0 Å². The molecule has 0 amide bonds. The zero-order valence-electron chi connectivity index (χ0n) is 14.7. The molecule has 0 saturated carbocycles. The highest BCUT2D eigenvalue weighted by Gasteiger charge is 2.21. The van der Waals surface area contributed by atoms with Crippen LogP contribution in [0.15, 0.2) is 66.4 Å². The van der Waals surface area contributed by atoms with Crippen LogP contribution in [0.2, 0.25) is 0 Å². The Morgan fingerprint density at radius 1 is 0.960 bits per heavy atom. The first-order chi connectivity index (χ1) is 12.2. The normalized spacial score (nSPS) is 10.2. The molecule has 0 saturated heterocycles. The minimum Gasteiger partial charge on any atom is -0.470 e. The minimum atomic E-state index is -0.551. The van der Waals surface area contributed by atoms with Crippen LogP contribution in [0.5, 0.6) is 0 Å².